The Morgan fingerprint density at radius 1 is 1.37 bits per heavy atom. The molecule has 100 valence electrons. The van der Waals surface area contributed by atoms with E-state index in [1.54, 1.807) is 11.8 Å². The predicted molar refractivity (Wildman–Crippen MR) is 78.4 cm³/mol. The summed E-state index contributed by atoms with van der Waals surface area (Å²) in [6.07, 6.45) is 0. The van der Waals surface area contributed by atoms with E-state index in [-0.39, 0.29) is 5.56 Å². The van der Waals surface area contributed by atoms with E-state index in [0.717, 1.165) is 5.69 Å². The van der Waals surface area contributed by atoms with E-state index < -0.39 is 0 Å². The summed E-state index contributed by atoms with van der Waals surface area (Å²) in [5.41, 5.74) is 1.91. The zero-order chi connectivity index (χ0) is 13.7. The molecule has 19 heavy (non-hydrogen) atoms. The Morgan fingerprint density at radius 2 is 2.16 bits per heavy atom. The molecule has 0 spiro atoms. The van der Waals surface area contributed by atoms with E-state index in [1.165, 1.54) is 16.5 Å². The quantitative estimate of drug-likeness (QED) is 0.820. The maximum atomic E-state index is 11.5. The minimum atomic E-state index is -0.0966. The van der Waals surface area contributed by atoms with Gasteiger partial charge in [-0.2, -0.15) is 0 Å². The molecule has 0 saturated heterocycles. The second kappa shape index (κ2) is 6.54. The van der Waals surface area contributed by atoms with Crippen LogP contribution in [0.4, 0.5) is 0 Å². The first-order chi connectivity index (χ1) is 9.19. The molecule has 4 nitrogen and oxygen atoms in total. The van der Waals surface area contributed by atoms with Gasteiger partial charge in [0.25, 0.3) is 5.56 Å². The molecule has 0 aliphatic carbocycles. The molecule has 0 fully saturated rings. The van der Waals surface area contributed by atoms with Crippen molar-refractivity contribution in [1.29, 1.82) is 0 Å². The molecule has 0 aliphatic heterocycles. The fourth-order valence-corrected chi connectivity index (χ4v) is 2.67. The molecule has 0 saturated carbocycles. The average Bonchev–Trinajstić information content (AvgIpc) is 2.37. The van der Waals surface area contributed by atoms with Gasteiger partial charge in [-0.05, 0) is 25.6 Å². The zero-order valence-corrected chi connectivity index (χ0v) is 11.9. The van der Waals surface area contributed by atoms with Crippen LogP contribution < -0.4 is 10.9 Å². The van der Waals surface area contributed by atoms with Crippen LogP contribution in [-0.2, 0) is 12.3 Å². The molecule has 1 aromatic heterocycles. The second-order valence-electron chi connectivity index (χ2n) is 4.27. The lowest BCUT2D eigenvalue weighted by molar-refractivity contribution is 0.773. The Kier molecular flexibility index (Phi) is 4.76. The molecule has 2 rings (SSSR count). The zero-order valence-electron chi connectivity index (χ0n) is 11.1. The third-order valence-corrected chi connectivity index (χ3v) is 3.85. The number of nitrogens with one attached hydrogen (secondary N) is 2. The first-order valence-corrected chi connectivity index (χ1v) is 7.10. The van der Waals surface area contributed by atoms with Crippen LogP contribution in [0.25, 0.3) is 0 Å². The van der Waals surface area contributed by atoms with Gasteiger partial charge in [-0.3, -0.25) is 4.79 Å². The fraction of sp³-hybridized carbons (Fsp3) is 0.286. The smallest absolute Gasteiger partial charge is 0.251 e. The molecule has 2 N–H and O–H groups in total. The molecule has 0 bridgehead atoms. The van der Waals surface area contributed by atoms with Crippen LogP contribution in [0, 0.1) is 6.92 Å². The summed E-state index contributed by atoms with van der Waals surface area (Å²) in [6, 6.07) is 9.72. The van der Waals surface area contributed by atoms with Gasteiger partial charge < -0.3 is 10.3 Å². The number of aromatic nitrogens is 2. The monoisotopic (exact) mass is 275 g/mol. The fourth-order valence-electron chi connectivity index (χ4n) is 1.77. The van der Waals surface area contributed by atoms with Gasteiger partial charge in [0.15, 0.2) is 0 Å². The van der Waals surface area contributed by atoms with E-state index in [1.807, 2.05) is 19.2 Å². The third kappa shape index (κ3) is 3.94. The van der Waals surface area contributed by atoms with Gasteiger partial charge in [0.05, 0.1) is 11.4 Å². The summed E-state index contributed by atoms with van der Waals surface area (Å²) < 4.78 is 0. The molecular weight excluding hydrogens is 258 g/mol. The molecule has 0 amide bonds. The Labute approximate surface area is 116 Å². The Hall–Kier alpha value is -1.59. The van der Waals surface area contributed by atoms with Crippen molar-refractivity contribution >= 4 is 11.8 Å². The number of hydrogen-bond donors (Lipinski definition) is 2. The highest BCUT2D eigenvalue weighted by Gasteiger charge is 2.03. The van der Waals surface area contributed by atoms with Crippen molar-refractivity contribution in [2.24, 2.45) is 0 Å². The Morgan fingerprint density at radius 3 is 2.89 bits per heavy atom. The van der Waals surface area contributed by atoms with Crippen molar-refractivity contribution in [3.8, 4) is 0 Å². The van der Waals surface area contributed by atoms with Crippen LogP contribution in [0.3, 0.4) is 0 Å². The first-order valence-electron chi connectivity index (χ1n) is 6.11. The van der Waals surface area contributed by atoms with E-state index in [4.69, 9.17) is 0 Å². The van der Waals surface area contributed by atoms with Crippen LogP contribution >= 0.6 is 11.8 Å². The average molecular weight is 275 g/mol. The summed E-state index contributed by atoms with van der Waals surface area (Å²) in [4.78, 5) is 20.0. The van der Waals surface area contributed by atoms with E-state index >= 15 is 0 Å². The first kappa shape index (κ1) is 13.8. The van der Waals surface area contributed by atoms with E-state index in [9.17, 15) is 4.79 Å². The SMILES string of the molecule is CNCc1cc(=O)[nH]c(CSc2ccccc2C)n1. The van der Waals surface area contributed by atoms with Gasteiger partial charge in [-0.1, -0.05) is 18.2 Å². The van der Waals surface area contributed by atoms with Crippen molar-refractivity contribution in [1.82, 2.24) is 15.3 Å². The molecular formula is C14H17N3OS. The van der Waals surface area contributed by atoms with Crippen molar-refractivity contribution in [3.05, 3.63) is 57.8 Å². The summed E-state index contributed by atoms with van der Waals surface area (Å²) in [6.45, 7) is 2.68. The topological polar surface area (TPSA) is 57.8 Å². The van der Waals surface area contributed by atoms with Gasteiger partial charge in [0.2, 0.25) is 0 Å². The van der Waals surface area contributed by atoms with Crippen LogP contribution in [0.1, 0.15) is 17.1 Å². The standard InChI is InChI=1S/C14H17N3OS/c1-10-5-3-4-6-12(10)19-9-13-16-11(8-15-2)7-14(18)17-13/h3-7,15H,8-9H2,1-2H3,(H,16,17,18). The maximum Gasteiger partial charge on any atom is 0.251 e. The number of aromatic amines is 1. The van der Waals surface area contributed by atoms with Crippen LogP contribution in [0.5, 0.6) is 0 Å². The normalized spacial score (nSPS) is 10.6. The number of thioether (sulfide) groups is 1. The number of H-pyrrole nitrogens is 1. The number of benzene rings is 1. The lowest BCUT2D eigenvalue weighted by atomic mass is 10.2. The predicted octanol–water partition coefficient (Wildman–Crippen LogP) is 2.09. The molecule has 0 aliphatic rings. The Bertz CT molecular complexity index is 610. The van der Waals surface area contributed by atoms with Gasteiger partial charge in [0, 0.05) is 17.5 Å². The number of aryl methyl sites for hydroxylation is 1. The highest BCUT2D eigenvalue weighted by molar-refractivity contribution is 7.98. The molecule has 5 heteroatoms. The molecule has 1 heterocycles. The minimum Gasteiger partial charge on any atom is -0.314 e. The second-order valence-corrected chi connectivity index (χ2v) is 5.29. The summed E-state index contributed by atoms with van der Waals surface area (Å²) in [7, 11) is 1.84. The lowest BCUT2D eigenvalue weighted by Gasteiger charge is -2.06. The summed E-state index contributed by atoms with van der Waals surface area (Å²) in [5.74, 6) is 1.38. The van der Waals surface area contributed by atoms with E-state index in [2.05, 4.69) is 34.3 Å². The number of hydrogen-bond acceptors (Lipinski definition) is 4. The molecule has 2 aromatic rings. The van der Waals surface area contributed by atoms with Crippen molar-refractivity contribution in [3.63, 3.8) is 0 Å². The highest BCUT2D eigenvalue weighted by Crippen LogP contribution is 2.24. The van der Waals surface area contributed by atoms with Crippen LogP contribution in [-0.4, -0.2) is 17.0 Å². The van der Waals surface area contributed by atoms with Gasteiger partial charge in [-0.25, -0.2) is 4.98 Å². The van der Waals surface area contributed by atoms with E-state index in [0.29, 0.717) is 18.1 Å². The third-order valence-electron chi connectivity index (χ3n) is 2.66. The van der Waals surface area contributed by atoms with Crippen LogP contribution in [0.2, 0.25) is 0 Å². The van der Waals surface area contributed by atoms with Crippen molar-refractivity contribution in [2.45, 2.75) is 24.1 Å². The maximum absolute atomic E-state index is 11.5. The Balaban J connectivity index is 2.11. The lowest BCUT2D eigenvalue weighted by Crippen LogP contribution is -2.16. The number of nitrogens with zero attached hydrogens (tertiary/aromatic N) is 1. The van der Waals surface area contributed by atoms with Gasteiger partial charge in [-0.15, -0.1) is 11.8 Å². The summed E-state index contributed by atoms with van der Waals surface area (Å²) in [5, 5.41) is 3.00. The molecule has 0 atom stereocenters. The molecule has 1 aromatic carbocycles. The van der Waals surface area contributed by atoms with Gasteiger partial charge >= 0.3 is 0 Å². The van der Waals surface area contributed by atoms with Gasteiger partial charge in [0.1, 0.15) is 5.82 Å². The van der Waals surface area contributed by atoms with Crippen LogP contribution in [0.15, 0.2) is 40.0 Å². The number of rotatable bonds is 5. The highest BCUT2D eigenvalue weighted by atomic mass is 32.2. The minimum absolute atomic E-state index is 0.0966. The molecule has 0 unspecified atom stereocenters. The van der Waals surface area contributed by atoms with Crippen molar-refractivity contribution < 1.29 is 0 Å². The largest absolute Gasteiger partial charge is 0.314 e. The summed E-state index contributed by atoms with van der Waals surface area (Å²) >= 11 is 1.68. The molecule has 0 radical (unpaired) electrons. The van der Waals surface area contributed by atoms with Crippen molar-refractivity contribution in [2.75, 3.05) is 7.05 Å².